The van der Waals surface area contributed by atoms with Gasteiger partial charge in [-0.05, 0) is 32.2 Å². The van der Waals surface area contributed by atoms with Crippen LogP contribution in [0.2, 0.25) is 0 Å². The molecule has 1 aromatic carbocycles. The summed E-state index contributed by atoms with van der Waals surface area (Å²) in [5.41, 5.74) is 2.83. The van der Waals surface area contributed by atoms with Crippen molar-refractivity contribution < 1.29 is 0 Å². The summed E-state index contributed by atoms with van der Waals surface area (Å²) in [7, 11) is 1.95. The summed E-state index contributed by atoms with van der Waals surface area (Å²) in [6.45, 7) is 16.3. The zero-order chi connectivity index (χ0) is 18.8. The van der Waals surface area contributed by atoms with E-state index in [2.05, 4.69) is 61.4 Å². The Kier molecular flexibility index (Phi) is 19.2. The van der Waals surface area contributed by atoms with Crippen molar-refractivity contribution in [3.8, 4) is 0 Å². The van der Waals surface area contributed by atoms with Crippen LogP contribution < -0.4 is 5.32 Å². The second kappa shape index (κ2) is 18.3. The molecule has 0 saturated carbocycles. The Hall–Kier alpha value is -1.03. The van der Waals surface area contributed by atoms with E-state index >= 15 is 0 Å². The highest BCUT2D eigenvalue weighted by atomic mass is 32.2. The fourth-order valence-electron chi connectivity index (χ4n) is 1.58. The maximum Gasteiger partial charge on any atom is 0.0301 e. The fraction of sp³-hybridized carbons (Fsp3) is 0.524. The van der Waals surface area contributed by atoms with E-state index in [1.54, 1.807) is 0 Å². The molecule has 3 heteroatoms. The van der Waals surface area contributed by atoms with Gasteiger partial charge in [-0.3, -0.25) is 0 Å². The van der Waals surface area contributed by atoms with Gasteiger partial charge in [0.25, 0.3) is 0 Å². The highest BCUT2D eigenvalue weighted by Crippen LogP contribution is 2.14. The third-order valence-electron chi connectivity index (χ3n) is 3.13. The lowest BCUT2D eigenvalue weighted by molar-refractivity contribution is 0.604. The van der Waals surface area contributed by atoms with Crippen molar-refractivity contribution in [2.45, 2.75) is 47.1 Å². The maximum atomic E-state index is 3.66. The van der Waals surface area contributed by atoms with Gasteiger partial charge < -0.3 is 5.32 Å². The van der Waals surface area contributed by atoms with Crippen LogP contribution in [0.3, 0.4) is 0 Å². The van der Waals surface area contributed by atoms with E-state index in [1.165, 1.54) is 11.1 Å². The Bertz CT molecular complexity index is 413. The Morgan fingerprint density at radius 1 is 1.25 bits per heavy atom. The smallest absolute Gasteiger partial charge is 0.0301 e. The number of nitrogens with one attached hydrogen (secondary N) is 1. The molecule has 1 aliphatic rings. The number of hydrogen-bond acceptors (Lipinski definition) is 3. The largest absolute Gasteiger partial charge is 0.318 e. The van der Waals surface area contributed by atoms with Crippen molar-refractivity contribution >= 4 is 11.9 Å². The topological polar surface area (TPSA) is 15.3 Å². The Balaban J connectivity index is 0. The standard InChI is InChI=1S/C9H10.C6H11NS.C4H11N.C2H6/c1-2-6-9-7-4-3-5-8-9;1-6-3-4-7(5-6)8-2;1-4(2)5-3;1-2/h2-5,7-8H,1,6H2;3H,4-5H2,1-2H3;4-5H,1-3H3;1-2H3. The summed E-state index contributed by atoms with van der Waals surface area (Å²) in [6.07, 6.45) is 7.28. The molecule has 0 atom stereocenters. The predicted molar refractivity (Wildman–Crippen MR) is 115 cm³/mol. The fourth-order valence-corrected chi connectivity index (χ4v) is 2.14. The van der Waals surface area contributed by atoms with Gasteiger partial charge in [-0.2, -0.15) is 0 Å². The van der Waals surface area contributed by atoms with Crippen LogP contribution in [0.15, 0.2) is 54.6 Å². The predicted octanol–water partition coefficient (Wildman–Crippen LogP) is 5.58. The monoisotopic (exact) mass is 350 g/mol. The lowest BCUT2D eigenvalue weighted by Gasteiger charge is -2.08. The van der Waals surface area contributed by atoms with Gasteiger partial charge in [0.1, 0.15) is 0 Å². The molecule has 0 bridgehead atoms. The second-order valence-corrected chi connectivity index (χ2v) is 6.36. The van der Waals surface area contributed by atoms with Crippen LogP contribution in [0.5, 0.6) is 0 Å². The SMILES string of the molecule is C=CCc1ccccc1.CC.CNC(C)C.CSN1CC=C(C)C1. The van der Waals surface area contributed by atoms with Gasteiger partial charge in [-0.25, -0.2) is 4.31 Å². The first-order valence-electron chi connectivity index (χ1n) is 8.80. The molecule has 138 valence electrons. The Morgan fingerprint density at radius 3 is 2.08 bits per heavy atom. The molecule has 0 unspecified atom stereocenters. The Morgan fingerprint density at radius 2 is 1.79 bits per heavy atom. The van der Waals surface area contributed by atoms with Crippen molar-refractivity contribution in [3.05, 3.63) is 60.2 Å². The van der Waals surface area contributed by atoms with Gasteiger partial charge in [0.15, 0.2) is 0 Å². The van der Waals surface area contributed by atoms with Crippen LogP contribution >= 0.6 is 11.9 Å². The van der Waals surface area contributed by atoms with E-state index in [0.29, 0.717) is 6.04 Å². The molecule has 1 aromatic rings. The summed E-state index contributed by atoms with van der Waals surface area (Å²) >= 11 is 1.82. The number of benzene rings is 1. The van der Waals surface area contributed by atoms with Crippen LogP contribution in [0.25, 0.3) is 0 Å². The molecular formula is C21H38N2S. The summed E-state index contributed by atoms with van der Waals surface area (Å²) < 4.78 is 2.33. The van der Waals surface area contributed by atoms with Gasteiger partial charge >= 0.3 is 0 Å². The highest BCUT2D eigenvalue weighted by Gasteiger charge is 2.07. The number of allylic oxidation sites excluding steroid dienone is 1. The Labute approximate surface area is 155 Å². The third kappa shape index (κ3) is 15.9. The van der Waals surface area contributed by atoms with Gasteiger partial charge in [0.2, 0.25) is 0 Å². The molecule has 1 aliphatic heterocycles. The van der Waals surface area contributed by atoms with E-state index in [4.69, 9.17) is 0 Å². The molecule has 1 N–H and O–H groups in total. The van der Waals surface area contributed by atoms with Gasteiger partial charge in [-0.15, -0.1) is 6.58 Å². The first-order chi connectivity index (χ1) is 11.5. The molecule has 0 radical (unpaired) electrons. The van der Waals surface area contributed by atoms with Crippen LogP contribution in [0, 0.1) is 0 Å². The van der Waals surface area contributed by atoms with E-state index in [-0.39, 0.29) is 0 Å². The molecule has 1 heterocycles. The highest BCUT2D eigenvalue weighted by molar-refractivity contribution is 7.96. The van der Waals surface area contributed by atoms with Crippen LogP contribution in [-0.4, -0.2) is 36.7 Å². The first-order valence-corrected chi connectivity index (χ1v) is 9.98. The van der Waals surface area contributed by atoms with E-state index in [1.807, 2.05) is 57.1 Å². The average Bonchev–Trinajstić information content (AvgIpc) is 3.05. The van der Waals surface area contributed by atoms with Crippen molar-refractivity contribution in [2.24, 2.45) is 0 Å². The minimum absolute atomic E-state index is 0.634. The summed E-state index contributed by atoms with van der Waals surface area (Å²) in [6, 6.07) is 10.9. The molecule has 2 nitrogen and oxygen atoms in total. The zero-order valence-electron chi connectivity index (χ0n) is 16.8. The molecule has 0 aromatic heterocycles. The van der Waals surface area contributed by atoms with Crippen LogP contribution in [0.1, 0.15) is 40.2 Å². The number of hydrogen-bond donors (Lipinski definition) is 1. The van der Waals surface area contributed by atoms with E-state index in [9.17, 15) is 0 Å². The van der Waals surface area contributed by atoms with E-state index in [0.717, 1.165) is 19.5 Å². The first kappa shape index (κ1) is 25.2. The number of nitrogens with zero attached hydrogens (tertiary/aromatic N) is 1. The van der Waals surface area contributed by atoms with Crippen LogP contribution in [0.4, 0.5) is 0 Å². The maximum absolute atomic E-state index is 3.66. The number of rotatable bonds is 4. The minimum Gasteiger partial charge on any atom is -0.318 e. The second-order valence-electron chi connectivity index (χ2n) is 5.48. The van der Waals surface area contributed by atoms with Crippen molar-refractivity contribution in [1.82, 2.24) is 9.62 Å². The van der Waals surface area contributed by atoms with Crippen LogP contribution in [-0.2, 0) is 6.42 Å². The lowest BCUT2D eigenvalue weighted by Crippen LogP contribution is -2.15. The summed E-state index contributed by atoms with van der Waals surface area (Å²) in [5, 5.41) is 3.03. The van der Waals surface area contributed by atoms with Gasteiger partial charge in [-0.1, -0.05) is 87.7 Å². The van der Waals surface area contributed by atoms with Crippen molar-refractivity contribution in [1.29, 1.82) is 0 Å². The summed E-state index contributed by atoms with van der Waals surface area (Å²) in [5.74, 6) is 0. The molecule has 0 fully saturated rings. The molecule has 24 heavy (non-hydrogen) atoms. The summed E-state index contributed by atoms with van der Waals surface area (Å²) in [4.78, 5) is 0. The minimum atomic E-state index is 0.634. The van der Waals surface area contributed by atoms with Crippen molar-refractivity contribution in [3.63, 3.8) is 0 Å². The lowest BCUT2D eigenvalue weighted by atomic mass is 10.2. The molecule has 0 spiro atoms. The quantitative estimate of drug-likeness (QED) is 0.563. The molecule has 0 aliphatic carbocycles. The average molecular weight is 351 g/mol. The van der Waals surface area contributed by atoms with E-state index < -0.39 is 0 Å². The van der Waals surface area contributed by atoms with Gasteiger partial charge in [0.05, 0.1) is 0 Å². The van der Waals surface area contributed by atoms with Gasteiger partial charge in [0, 0.05) is 19.1 Å². The molecular weight excluding hydrogens is 312 g/mol. The molecule has 0 saturated heterocycles. The van der Waals surface area contributed by atoms with Crippen molar-refractivity contribution in [2.75, 3.05) is 26.4 Å². The molecule has 0 amide bonds. The normalized spacial score (nSPS) is 12.8. The third-order valence-corrected chi connectivity index (χ3v) is 3.92. The zero-order valence-corrected chi connectivity index (χ0v) is 17.6. The molecule has 2 rings (SSSR count).